The van der Waals surface area contributed by atoms with Gasteiger partial charge in [0.05, 0.1) is 15.8 Å². The van der Waals surface area contributed by atoms with Gasteiger partial charge in [0.2, 0.25) is 0 Å². The molecule has 0 bridgehead atoms. The first-order valence-electron chi connectivity index (χ1n) is 7.97. The molecule has 0 saturated heterocycles. The molecule has 134 valence electrons. The second kappa shape index (κ2) is 7.80. The van der Waals surface area contributed by atoms with E-state index in [1.807, 2.05) is 25.1 Å². The Hall–Kier alpha value is -2.51. The highest BCUT2D eigenvalue weighted by atomic mass is 35.5. The Kier molecular flexibility index (Phi) is 5.49. The first-order chi connectivity index (χ1) is 12.5. The molecule has 2 aromatic heterocycles. The lowest BCUT2D eigenvalue weighted by Crippen LogP contribution is -2.32. The molecule has 6 nitrogen and oxygen atoms in total. The van der Waals surface area contributed by atoms with Crippen molar-refractivity contribution < 1.29 is 14.3 Å². The van der Waals surface area contributed by atoms with Crippen molar-refractivity contribution in [2.45, 2.75) is 26.4 Å². The second-order valence-electron chi connectivity index (χ2n) is 5.62. The van der Waals surface area contributed by atoms with Crippen LogP contribution in [0.25, 0.3) is 10.2 Å². The highest BCUT2D eigenvalue weighted by molar-refractivity contribution is 7.22. The van der Waals surface area contributed by atoms with Gasteiger partial charge in [-0.1, -0.05) is 35.9 Å². The van der Waals surface area contributed by atoms with E-state index < -0.39 is 18.0 Å². The summed E-state index contributed by atoms with van der Waals surface area (Å²) in [4.78, 5) is 32.9. The number of hydrogen-bond acceptors (Lipinski definition) is 6. The van der Waals surface area contributed by atoms with Crippen LogP contribution in [-0.4, -0.2) is 27.9 Å². The number of rotatable bonds is 5. The molecule has 0 radical (unpaired) electrons. The molecule has 1 aromatic carbocycles. The van der Waals surface area contributed by atoms with Crippen molar-refractivity contribution in [3.8, 4) is 0 Å². The summed E-state index contributed by atoms with van der Waals surface area (Å²) < 4.78 is 6.27. The van der Waals surface area contributed by atoms with Gasteiger partial charge >= 0.3 is 5.97 Å². The SMILES string of the molecule is CCC(OC(=O)c1cccnc1Cl)C(=O)Nc1nc2ccc(C)cc2s1. The predicted octanol–water partition coefficient (Wildman–Crippen LogP) is 4.23. The minimum atomic E-state index is -0.951. The molecule has 0 aliphatic rings. The molecule has 0 aliphatic heterocycles. The van der Waals surface area contributed by atoms with Gasteiger partial charge in [-0.15, -0.1) is 0 Å². The van der Waals surface area contributed by atoms with E-state index in [9.17, 15) is 9.59 Å². The van der Waals surface area contributed by atoms with Gasteiger partial charge in [-0.05, 0) is 43.2 Å². The molecule has 1 N–H and O–H groups in total. The predicted molar refractivity (Wildman–Crippen MR) is 102 cm³/mol. The Labute approximate surface area is 159 Å². The Bertz CT molecular complexity index is 973. The van der Waals surface area contributed by atoms with Crippen LogP contribution in [0.15, 0.2) is 36.5 Å². The van der Waals surface area contributed by atoms with E-state index in [0.717, 1.165) is 15.8 Å². The lowest BCUT2D eigenvalue weighted by Gasteiger charge is -2.15. The smallest absolute Gasteiger partial charge is 0.342 e. The van der Waals surface area contributed by atoms with Crippen LogP contribution in [0.4, 0.5) is 5.13 Å². The van der Waals surface area contributed by atoms with Crippen LogP contribution >= 0.6 is 22.9 Å². The summed E-state index contributed by atoms with van der Waals surface area (Å²) in [5, 5.41) is 3.21. The Morgan fingerprint density at radius 1 is 1.35 bits per heavy atom. The fourth-order valence-electron chi connectivity index (χ4n) is 2.32. The molecule has 3 rings (SSSR count). The summed E-state index contributed by atoms with van der Waals surface area (Å²) in [6.07, 6.45) is 0.838. The summed E-state index contributed by atoms with van der Waals surface area (Å²) in [6.45, 7) is 3.75. The molecule has 8 heteroatoms. The van der Waals surface area contributed by atoms with E-state index in [1.54, 1.807) is 13.0 Å². The molecule has 0 saturated carbocycles. The number of nitrogens with one attached hydrogen (secondary N) is 1. The molecule has 0 fully saturated rings. The number of carbonyl (C=O) groups excluding carboxylic acids is 2. The number of benzene rings is 1. The maximum atomic E-state index is 12.5. The van der Waals surface area contributed by atoms with Crippen molar-refractivity contribution in [1.82, 2.24) is 9.97 Å². The van der Waals surface area contributed by atoms with Gasteiger partial charge in [0.25, 0.3) is 5.91 Å². The van der Waals surface area contributed by atoms with Gasteiger partial charge < -0.3 is 4.74 Å². The molecule has 1 amide bonds. The minimum Gasteiger partial charge on any atom is -0.449 e. The number of thiazole rings is 1. The van der Waals surface area contributed by atoms with Crippen molar-refractivity contribution in [3.05, 3.63) is 52.8 Å². The molecule has 1 unspecified atom stereocenters. The Balaban J connectivity index is 1.72. The van der Waals surface area contributed by atoms with E-state index in [1.165, 1.54) is 23.6 Å². The van der Waals surface area contributed by atoms with Crippen LogP contribution < -0.4 is 5.32 Å². The van der Waals surface area contributed by atoms with Crippen LogP contribution in [0.1, 0.15) is 29.3 Å². The van der Waals surface area contributed by atoms with Crippen molar-refractivity contribution in [2.75, 3.05) is 5.32 Å². The summed E-state index contributed by atoms with van der Waals surface area (Å²) in [7, 11) is 0. The number of pyridine rings is 1. The van der Waals surface area contributed by atoms with E-state index in [2.05, 4.69) is 15.3 Å². The quantitative estimate of drug-likeness (QED) is 0.521. The third kappa shape index (κ3) is 4.00. The van der Waals surface area contributed by atoms with Crippen LogP contribution in [-0.2, 0) is 9.53 Å². The molecule has 0 spiro atoms. The number of ether oxygens (including phenoxy) is 1. The summed E-state index contributed by atoms with van der Waals surface area (Å²) >= 11 is 7.26. The van der Waals surface area contributed by atoms with E-state index in [-0.39, 0.29) is 10.7 Å². The van der Waals surface area contributed by atoms with E-state index in [4.69, 9.17) is 16.3 Å². The van der Waals surface area contributed by atoms with Gasteiger partial charge in [-0.25, -0.2) is 14.8 Å². The van der Waals surface area contributed by atoms with Crippen molar-refractivity contribution in [1.29, 1.82) is 0 Å². The third-order valence-electron chi connectivity index (χ3n) is 3.67. The Morgan fingerprint density at radius 2 is 2.15 bits per heavy atom. The van der Waals surface area contributed by atoms with Gasteiger partial charge in [0.15, 0.2) is 11.2 Å². The normalized spacial score (nSPS) is 12.0. The van der Waals surface area contributed by atoms with Crippen LogP contribution in [0.3, 0.4) is 0 Å². The van der Waals surface area contributed by atoms with Crippen LogP contribution in [0.2, 0.25) is 5.15 Å². The van der Waals surface area contributed by atoms with E-state index >= 15 is 0 Å². The van der Waals surface area contributed by atoms with Crippen molar-refractivity contribution in [3.63, 3.8) is 0 Å². The zero-order valence-electron chi connectivity index (χ0n) is 14.2. The first-order valence-corrected chi connectivity index (χ1v) is 9.17. The minimum absolute atomic E-state index is 0.0364. The molecule has 3 aromatic rings. The number of nitrogens with zero attached hydrogens (tertiary/aromatic N) is 2. The zero-order chi connectivity index (χ0) is 18.7. The fourth-order valence-corrected chi connectivity index (χ4v) is 3.49. The molecule has 26 heavy (non-hydrogen) atoms. The largest absolute Gasteiger partial charge is 0.449 e. The number of aromatic nitrogens is 2. The van der Waals surface area contributed by atoms with Crippen molar-refractivity contribution >= 4 is 50.2 Å². The number of hydrogen-bond donors (Lipinski definition) is 1. The summed E-state index contributed by atoms with van der Waals surface area (Å²) in [6, 6.07) is 8.94. The van der Waals surface area contributed by atoms with E-state index in [0.29, 0.717) is 11.6 Å². The lowest BCUT2D eigenvalue weighted by molar-refractivity contribution is -0.124. The maximum absolute atomic E-state index is 12.5. The first kappa shape index (κ1) is 18.3. The third-order valence-corrected chi connectivity index (χ3v) is 4.90. The molecular weight excluding hydrogens is 374 g/mol. The molecule has 2 heterocycles. The standard InChI is InChI=1S/C18H16ClN3O3S/c1-3-13(25-17(24)11-5-4-8-20-15(11)19)16(23)22-18-21-12-7-6-10(2)9-14(12)26-18/h4-9,13H,3H2,1-2H3,(H,21,22,23). The van der Waals surface area contributed by atoms with Gasteiger partial charge in [0.1, 0.15) is 5.15 Å². The number of aryl methyl sites for hydroxylation is 1. The lowest BCUT2D eigenvalue weighted by atomic mass is 10.2. The van der Waals surface area contributed by atoms with Crippen molar-refractivity contribution in [2.24, 2.45) is 0 Å². The van der Waals surface area contributed by atoms with Crippen LogP contribution in [0, 0.1) is 6.92 Å². The molecule has 1 atom stereocenters. The number of amides is 1. The highest BCUT2D eigenvalue weighted by Gasteiger charge is 2.24. The Morgan fingerprint density at radius 3 is 2.88 bits per heavy atom. The monoisotopic (exact) mass is 389 g/mol. The molecule has 0 aliphatic carbocycles. The number of fused-ring (bicyclic) bond motifs is 1. The topological polar surface area (TPSA) is 81.2 Å². The number of halogens is 1. The zero-order valence-corrected chi connectivity index (χ0v) is 15.7. The number of carbonyl (C=O) groups is 2. The number of anilines is 1. The fraction of sp³-hybridized carbons (Fsp3) is 0.222. The second-order valence-corrected chi connectivity index (χ2v) is 7.01. The van der Waals surface area contributed by atoms with Gasteiger partial charge in [-0.3, -0.25) is 10.1 Å². The van der Waals surface area contributed by atoms with Crippen LogP contribution in [0.5, 0.6) is 0 Å². The molecular formula is C18H16ClN3O3S. The summed E-state index contributed by atoms with van der Waals surface area (Å²) in [5.74, 6) is -1.12. The summed E-state index contributed by atoms with van der Waals surface area (Å²) in [5.41, 5.74) is 2.05. The number of esters is 1. The average Bonchev–Trinajstić information content (AvgIpc) is 3.00. The maximum Gasteiger partial charge on any atom is 0.342 e. The van der Waals surface area contributed by atoms with Gasteiger partial charge in [0, 0.05) is 6.20 Å². The average molecular weight is 390 g/mol. The van der Waals surface area contributed by atoms with Gasteiger partial charge in [-0.2, -0.15) is 0 Å². The highest BCUT2D eigenvalue weighted by Crippen LogP contribution is 2.27.